The van der Waals surface area contributed by atoms with Crippen LogP contribution in [0.5, 0.6) is 0 Å². The fourth-order valence-electron chi connectivity index (χ4n) is 1.17. The molecule has 1 atom stereocenters. The van der Waals surface area contributed by atoms with Crippen LogP contribution in [0, 0.1) is 0 Å². The first-order chi connectivity index (χ1) is 8.36. The van der Waals surface area contributed by atoms with Crippen molar-refractivity contribution in [1.29, 1.82) is 0 Å². The van der Waals surface area contributed by atoms with Gasteiger partial charge in [-0.05, 0) is 13.3 Å². The first-order valence-corrected chi connectivity index (χ1v) is 6.38. The number of amides is 3. The molecule has 3 amide bonds. The van der Waals surface area contributed by atoms with Crippen LogP contribution in [-0.4, -0.2) is 41.1 Å². The number of nitrogens with one attached hydrogen (secondary N) is 3. The fraction of sp³-hybridized carbons (Fsp3) is 0.600. The van der Waals surface area contributed by atoms with Gasteiger partial charge in [0.25, 0.3) is 3.91 Å². The number of carbonyl (C=O) groups excluding carboxylic acids is 4. The van der Waals surface area contributed by atoms with Crippen LogP contribution in [0.2, 0.25) is 0 Å². The minimum atomic E-state index is -0.748. The number of hydrogen-bond donors (Lipinski definition) is 3. The summed E-state index contributed by atoms with van der Waals surface area (Å²) in [7, 11) is 1.45. The molecule has 102 valence electrons. The van der Waals surface area contributed by atoms with Crippen molar-refractivity contribution in [3.05, 3.63) is 0 Å². The first-order valence-electron chi connectivity index (χ1n) is 5.30. The molecule has 0 aromatic rings. The highest BCUT2D eigenvalue weighted by Crippen LogP contribution is 2.00. The molecule has 18 heavy (non-hydrogen) atoms. The topological polar surface area (TPSA) is 104 Å². The van der Waals surface area contributed by atoms with Gasteiger partial charge in [-0.2, -0.15) is 0 Å². The summed E-state index contributed by atoms with van der Waals surface area (Å²) in [5.74, 6) is -0.840. The maximum atomic E-state index is 11.4. The van der Waals surface area contributed by atoms with Gasteiger partial charge in [0.1, 0.15) is 11.8 Å². The van der Waals surface area contributed by atoms with Gasteiger partial charge < -0.3 is 16.0 Å². The van der Waals surface area contributed by atoms with Crippen molar-refractivity contribution < 1.29 is 19.2 Å². The van der Waals surface area contributed by atoms with Crippen LogP contribution in [0.3, 0.4) is 0 Å². The number of hydrogen-bond acceptors (Lipinski definition) is 4. The van der Waals surface area contributed by atoms with Crippen molar-refractivity contribution in [2.24, 2.45) is 0 Å². The Labute approximate surface area is 119 Å². The third kappa shape index (κ3) is 7.98. The normalized spacial score (nSPS) is 11.3. The van der Waals surface area contributed by atoms with E-state index in [0.29, 0.717) is 0 Å². The summed E-state index contributed by atoms with van der Waals surface area (Å²) in [5, 5.41) is 7.25. The van der Waals surface area contributed by atoms with Gasteiger partial charge in [-0.15, -0.1) is 0 Å². The quantitative estimate of drug-likeness (QED) is 0.327. The van der Waals surface area contributed by atoms with Crippen molar-refractivity contribution in [3.8, 4) is 0 Å². The van der Waals surface area contributed by atoms with Gasteiger partial charge >= 0.3 is 0 Å². The Morgan fingerprint density at radius 2 is 1.83 bits per heavy atom. The summed E-state index contributed by atoms with van der Waals surface area (Å²) in [6.07, 6.45) is 0.237. The van der Waals surface area contributed by atoms with Gasteiger partial charge in [-0.25, -0.2) is 0 Å². The molecular weight excluding hydrogens is 353 g/mol. The largest absolute Gasteiger partial charge is 0.357 e. The van der Waals surface area contributed by atoms with E-state index >= 15 is 0 Å². The van der Waals surface area contributed by atoms with Crippen LogP contribution in [-0.2, 0) is 14.4 Å². The van der Waals surface area contributed by atoms with Gasteiger partial charge in [0.05, 0.1) is 6.54 Å². The summed E-state index contributed by atoms with van der Waals surface area (Å²) < 4.78 is -0.370. The molecule has 0 rings (SSSR count). The van der Waals surface area contributed by atoms with Gasteiger partial charge in [0, 0.05) is 36.1 Å². The summed E-state index contributed by atoms with van der Waals surface area (Å²) in [6.45, 7) is 1.34. The lowest BCUT2D eigenvalue weighted by Gasteiger charge is -2.15. The van der Waals surface area contributed by atoms with E-state index in [-0.39, 0.29) is 40.9 Å². The zero-order valence-corrected chi connectivity index (χ0v) is 12.4. The van der Waals surface area contributed by atoms with Crippen molar-refractivity contribution >= 4 is 44.1 Å². The molecule has 0 unspecified atom stereocenters. The lowest BCUT2D eigenvalue weighted by molar-refractivity contribution is -0.125. The minimum absolute atomic E-state index is 0.0257. The van der Waals surface area contributed by atoms with Gasteiger partial charge in [-0.1, -0.05) is 0 Å². The molecule has 0 aliphatic carbocycles. The molecule has 0 aliphatic heterocycles. The van der Waals surface area contributed by atoms with E-state index in [4.69, 9.17) is 0 Å². The van der Waals surface area contributed by atoms with Crippen LogP contribution < -0.4 is 16.0 Å². The molecule has 0 heterocycles. The van der Waals surface area contributed by atoms with Crippen LogP contribution in [0.15, 0.2) is 0 Å². The fourth-order valence-corrected chi connectivity index (χ4v) is 1.54. The zero-order chi connectivity index (χ0) is 14.1. The Balaban J connectivity index is 4.17. The number of rotatable bonds is 7. The number of carbonyl (C=O) groups is 4. The van der Waals surface area contributed by atoms with E-state index in [2.05, 4.69) is 16.0 Å². The van der Waals surface area contributed by atoms with Gasteiger partial charge in [0.15, 0.2) is 0 Å². The number of likely N-dealkylation sites (N-methyl/N-ethyl adjacent to an activating group) is 1. The first kappa shape index (κ1) is 16.8. The van der Waals surface area contributed by atoms with E-state index in [1.54, 1.807) is 0 Å². The van der Waals surface area contributed by atoms with Gasteiger partial charge in [0.2, 0.25) is 11.8 Å². The average Bonchev–Trinajstić information content (AvgIpc) is 2.30. The highest BCUT2D eigenvalue weighted by Gasteiger charge is 2.19. The maximum Gasteiger partial charge on any atom is 0.281 e. The Bertz CT molecular complexity index is 346. The van der Waals surface area contributed by atoms with Crippen molar-refractivity contribution in [3.63, 3.8) is 0 Å². The molecular formula is C10H16IN3O4. The van der Waals surface area contributed by atoms with Crippen molar-refractivity contribution in [1.82, 2.24) is 16.0 Å². The summed E-state index contributed by atoms with van der Waals surface area (Å²) in [4.78, 5) is 44.3. The Morgan fingerprint density at radius 1 is 1.22 bits per heavy atom. The lowest BCUT2D eigenvalue weighted by atomic mass is 10.1. The third-order valence-electron chi connectivity index (χ3n) is 2.05. The SMILES string of the molecule is CNC(=O)[C@H](CCC(=O)NCC(C)=O)NC(=O)I. The number of ketones is 1. The average molecular weight is 369 g/mol. The van der Waals surface area contributed by atoms with E-state index in [9.17, 15) is 19.2 Å². The molecule has 0 bridgehead atoms. The molecule has 0 aromatic heterocycles. The standard InChI is InChI=1S/C10H16IN3O4/c1-6(15)5-13-8(16)4-3-7(9(17)12-2)14-10(11)18/h7H,3-5H2,1-2H3,(H,12,17)(H,13,16)(H,14,18)/t7-/m0/s1. The highest BCUT2D eigenvalue weighted by molar-refractivity contribution is 14.1. The van der Waals surface area contributed by atoms with Crippen LogP contribution in [0.1, 0.15) is 19.8 Å². The molecule has 0 aromatic carbocycles. The smallest absolute Gasteiger partial charge is 0.281 e. The molecule has 0 spiro atoms. The monoisotopic (exact) mass is 369 g/mol. The van der Waals surface area contributed by atoms with Crippen LogP contribution in [0.25, 0.3) is 0 Å². The Morgan fingerprint density at radius 3 is 2.28 bits per heavy atom. The van der Waals surface area contributed by atoms with E-state index in [1.807, 2.05) is 0 Å². The Hall–Kier alpha value is -1.19. The van der Waals surface area contributed by atoms with Crippen molar-refractivity contribution in [2.45, 2.75) is 25.8 Å². The molecule has 0 saturated heterocycles. The lowest BCUT2D eigenvalue weighted by Crippen LogP contribution is -2.44. The second-order valence-electron chi connectivity index (χ2n) is 3.60. The van der Waals surface area contributed by atoms with Crippen molar-refractivity contribution in [2.75, 3.05) is 13.6 Å². The second-order valence-corrected chi connectivity index (χ2v) is 4.58. The summed E-state index contributed by atoms with van der Waals surface area (Å²) in [6, 6.07) is -0.748. The molecule has 0 aliphatic rings. The molecule has 0 saturated carbocycles. The maximum absolute atomic E-state index is 11.4. The van der Waals surface area contributed by atoms with E-state index < -0.39 is 6.04 Å². The molecule has 3 N–H and O–H groups in total. The van der Waals surface area contributed by atoms with Crippen LogP contribution in [0.4, 0.5) is 4.79 Å². The predicted octanol–water partition coefficient (Wildman–Crippen LogP) is -0.269. The number of Topliss-reactive ketones (excluding diaryl/α,β-unsaturated/α-hetero) is 1. The molecule has 7 nitrogen and oxygen atoms in total. The zero-order valence-electron chi connectivity index (χ0n) is 10.2. The summed E-state index contributed by atoms with van der Waals surface area (Å²) >= 11 is 1.51. The number of halogens is 1. The minimum Gasteiger partial charge on any atom is -0.357 e. The van der Waals surface area contributed by atoms with Crippen LogP contribution >= 0.6 is 22.6 Å². The summed E-state index contributed by atoms with van der Waals surface area (Å²) in [5.41, 5.74) is 0. The second kappa shape index (κ2) is 8.84. The van der Waals surface area contributed by atoms with Gasteiger partial charge in [-0.3, -0.25) is 19.2 Å². The molecule has 0 fully saturated rings. The third-order valence-corrected chi connectivity index (χ3v) is 2.36. The van der Waals surface area contributed by atoms with E-state index in [0.717, 1.165) is 0 Å². The predicted molar refractivity (Wildman–Crippen MR) is 73.3 cm³/mol. The Kier molecular flexibility index (Phi) is 8.25. The molecule has 0 radical (unpaired) electrons. The van der Waals surface area contributed by atoms with E-state index in [1.165, 1.54) is 36.6 Å². The molecule has 8 heteroatoms. The highest BCUT2D eigenvalue weighted by atomic mass is 127.